The van der Waals surface area contributed by atoms with Crippen molar-refractivity contribution in [1.82, 2.24) is 24.7 Å². The van der Waals surface area contributed by atoms with Gasteiger partial charge in [-0.2, -0.15) is 8.78 Å². The number of carbonyl (C=O) groups is 1. The summed E-state index contributed by atoms with van der Waals surface area (Å²) in [5.41, 5.74) is 1.12. The Morgan fingerprint density at radius 1 is 1.30 bits per heavy atom. The molecule has 0 radical (unpaired) electrons. The molecule has 2 saturated heterocycles. The first-order valence-corrected chi connectivity index (χ1v) is 10.8. The summed E-state index contributed by atoms with van der Waals surface area (Å²) >= 11 is 0. The van der Waals surface area contributed by atoms with Gasteiger partial charge in [0.1, 0.15) is 5.82 Å². The predicted octanol–water partition coefficient (Wildman–Crippen LogP) is 3.20. The number of pyridine rings is 1. The number of alkyl halides is 2. The third-order valence-corrected chi connectivity index (χ3v) is 6.05. The van der Waals surface area contributed by atoms with Crippen LogP contribution in [0, 0.1) is 12.3 Å². The van der Waals surface area contributed by atoms with Crippen LogP contribution in [0.3, 0.4) is 0 Å². The van der Waals surface area contributed by atoms with Crippen LogP contribution >= 0.6 is 0 Å². The van der Waals surface area contributed by atoms with E-state index in [-0.39, 0.29) is 23.2 Å². The number of halogens is 2. The van der Waals surface area contributed by atoms with Crippen molar-refractivity contribution in [3.63, 3.8) is 0 Å². The average Bonchev–Trinajstić information content (AvgIpc) is 3.26. The summed E-state index contributed by atoms with van der Waals surface area (Å²) in [6.07, 6.45) is 2.87. The lowest BCUT2D eigenvalue weighted by atomic mass is 9.78. The smallest absolute Gasteiger partial charge is 0.303 e. The van der Waals surface area contributed by atoms with Crippen molar-refractivity contribution in [1.29, 1.82) is 0 Å². The minimum absolute atomic E-state index is 0.113. The van der Waals surface area contributed by atoms with Crippen molar-refractivity contribution < 1.29 is 18.3 Å². The summed E-state index contributed by atoms with van der Waals surface area (Å²) in [7, 11) is 0. The molecule has 1 N–H and O–H groups in total. The molecule has 33 heavy (non-hydrogen) atoms. The van der Waals surface area contributed by atoms with Crippen molar-refractivity contribution in [3.05, 3.63) is 29.8 Å². The normalized spacial score (nSPS) is 19.8. The first-order valence-electron chi connectivity index (χ1n) is 10.8. The third kappa shape index (κ3) is 3.90. The molecule has 5 rings (SSSR count). The van der Waals surface area contributed by atoms with E-state index in [0.717, 1.165) is 31.8 Å². The van der Waals surface area contributed by atoms with Gasteiger partial charge in [0, 0.05) is 56.4 Å². The van der Waals surface area contributed by atoms with Crippen molar-refractivity contribution in [2.24, 2.45) is 5.41 Å². The Kier molecular flexibility index (Phi) is 4.85. The van der Waals surface area contributed by atoms with Gasteiger partial charge in [0.2, 0.25) is 11.7 Å². The van der Waals surface area contributed by atoms with E-state index in [4.69, 9.17) is 9.84 Å². The molecule has 2 aliphatic rings. The van der Waals surface area contributed by atoms with Crippen LogP contribution in [0.15, 0.2) is 18.3 Å². The highest BCUT2D eigenvalue weighted by atomic mass is 19.3. The van der Waals surface area contributed by atoms with Crippen LogP contribution in [-0.2, 0) is 15.5 Å². The molecule has 0 aliphatic carbocycles. The monoisotopic (exact) mass is 457 g/mol. The largest absolute Gasteiger partial charge is 0.378 e. The Labute approximate surface area is 189 Å². The number of aromatic nitrogens is 5. The molecule has 0 saturated carbocycles. The molecular formula is C22H25F2N7O2. The first-order chi connectivity index (χ1) is 15.5. The van der Waals surface area contributed by atoms with Crippen LogP contribution < -0.4 is 10.2 Å². The molecule has 174 valence electrons. The summed E-state index contributed by atoms with van der Waals surface area (Å²) in [5.74, 6) is -2.77. The maximum absolute atomic E-state index is 14.0. The number of amides is 1. The number of nitrogens with zero attached hydrogens (tertiary/aromatic N) is 6. The van der Waals surface area contributed by atoms with E-state index >= 15 is 0 Å². The Hall–Kier alpha value is -3.21. The van der Waals surface area contributed by atoms with E-state index in [2.05, 4.69) is 32.1 Å². The van der Waals surface area contributed by atoms with Crippen LogP contribution in [0.4, 0.5) is 20.4 Å². The summed E-state index contributed by atoms with van der Waals surface area (Å²) < 4.78 is 35.3. The number of nitrogens with one attached hydrogen (secondary N) is 1. The Balaban J connectivity index is 1.61. The second-order valence-electron chi connectivity index (χ2n) is 9.26. The van der Waals surface area contributed by atoms with Gasteiger partial charge in [-0.25, -0.2) is 19.6 Å². The average molecular weight is 457 g/mol. The lowest BCUT2D eigenvalue weighted by Gasteiger charge is -2.47. The first kappa shape index (κ1) is 21.6. The fraction of sp³-hybridized carbons (Fsp3) is 0.500. The van der Waals surface area contributed by atoms with Crippen LogP contribution in [0.5, 0.6) is 0 Å². The quantitative estimate of drug-likeness (QED) is 0.642. The van der Waals surface area contributed by atoms with E-state index in [9.17, 15) is 13.6 Å². The highest BCUT2D eigenvalue weighted by Crippen LogP contribution is 2.44. The maximum Gasteiger partial charge on any atom is 0.303 e. The second-order valence-corrected chi connectivity index (χ2v) is 9.26. The van der Waals surface area contributed by atoms with Crippen LogP contribution in [0.1, 0.15) is 38.7 Å². The molecule has 0 bridgehead atoms. The second kappa shape index (κ2) is 7.41. The summed E-state index contributed by atoms with van der Waals surface area (Å²) in [5, 5.41) is 8.16. The zero-order valence-corrected chi connectivity index (χ0v) is 18.9. The number of hydrogen-bond acceptors (Lipinski definition) is 7. The molecule has 2 fully saturated rings. The van der Waals surface area contributed by atoms with Crippen molar-refractivity contribution >= 4 is 28.4 Å². The topological polar surface area (TPSA) is 98.1 Å². The number of fused-ring (bicyclic) bond motifs is 1. The van der Waals surface area contributed by atoms with Gasteiger partial charge in [-0.3, -0.25) is 4.79 Å². The Bertz CT molecular complexity index is 1250. The SMILES string of the molecule is CC(=O)Nc1cc2c(cn1)c(N1CC3(COC(C)C3)C1)nn2-c1cc(C)nc(C(C)(F)F)n1. The van der Waals surface area contributed by atoms with Crippen molar-refractivity contribution in [2.75, 3.05) is 29.9 Å². The standard InChI is InChI=1S/C22H25F2N7O2/c1-12-5-18(28-20(26-12)21(4,23)24)31-16-6-17(27-14(3)32)25-8-15(16)19(29-31)30-9-22(10-30)7-13(2)33-11-22/h5-6,8,13H,7,9-11H2,1-4H3,(H,25,27,32). The fourth-order valence-corrected chi connectivity index (χ4v) is 4.69. The minimum Gasteiger partial charge on any atom is -0.378 e. The number of hydrogen-bond donors (Lipinski definition) is 1. The number of carbonyl (C=O) groups excluding carboxylic acids is 1. The van der Waals surface area contributed by atoms with Crippen LogP contribution in [0.25, 0.3) is 16.7 Å². The number of anilines is 2. The van der Waals surface area contributed by atoms with Gasteiger partial charge in [0.25, 0.3) is 0 Å². The van der Waals surface area contributed by atoms with Gasteiger partial charge in [0.15, 0.2) is 11.6 Å². The van der Waals surface area contributed by atoms with E-state index in [1.54, 1.807) is 25.3 Å². The zero-order valence-electron chi connectivity index (χ0n) is 18.9. The van der Waals surface area contributed by atoms with Crippen LogP contribution in [-0.4, -0.2) is 56.4 Å². The molecule has 1 atom stereocenters. The molecular weight excluding hydrogens is 432 g/mol. The fourth-order valence-electron chi connectivity index (χ4n) is 4.69. The predicted molar refractivity (Wildman–Crippen MR) is 118 cm³/mol. The zero-order chi connectivity index (χ0) is 23.5. The number of ether oxygens (including phenoxy) is 1. The van der Waals surface area contributed by atoms with E-state index < -0.39 is 11.7 Å². The summed E-state index contributed by atoms with van der Waals surface area (Å²) in [6, 6.07) is 3.28. The number of rotatable bonds is 4. The minimum atomic E-state index is -3.20. The van der Waals surface area contributed by atoms with Gasteiger partial charge in [-0.15, -0.1) is 5.10 Å². The molecule has 3 aromatic heterocycles. The summed E-state index contributed by atoms with van der Waals surface area (Å²) in [6.45, 7) is 8.17. The highest BCUT2D eigenvalue weighted by molar-refractivity contribution is 5.95. The highest BCUT2D eigenvalue weighted by Gasteiger charge is 2.49. The van der Waals surface area contributed by atoms with Gasteiger partial charge in [-0.05, 0) is 20.3 Å². The molecule has 9 nitrogen and oxygen atoms in total. The van der Waals surface area contributed by atoms with Gasteiger partial charge < -0.3 is 15.0 Å². The molecule has 3 aromatic rings. The van der Waals surface area contributed by atoms with Crippen LogP contribution in [0.2, 0.25) is 0 Å². The van der Waals surface area contributed by atoms with E-state index in [1.807, 2.05) is 0 Å². The molecule has 1 spiro atoms. The number of aryl methyl sites for hydroxylation is 1. The van der Waals surface area contributed by atoms with Gasteiger partial charge >= 0.3 is 5.92 Å². The third-order valence-electron chi connectivity index (χ3n) is 6.05. The lowest BCUT2D eigenvalue weighted by molar-refractivity contribution is -0.114. The molecule has 0 aromatic carbocycles. The Morgan fingerprint density at radius 3 is 2.70 bits per heavy atom. The Morgan fingerprint density at radius 2 is 2.06 bits per heavy atom. The molecule has 11 heteroatoms. The van der Waals surface area contributed by atoms with Gasteiger partial charge in [-0.1, -0.05) is 0 Å². The molecule has 2 aliphatic heterocycles. The van der Waals surface area contributed by atoms with Crippen molar-refractivity contribution in [3.8, 4) is 5.82 Å². The molecule has 1 unspecified atom stereocenters. The van der Waals surface area contributed by atoms with Gasteiger partial charge in [0.05, 0.1) is 23.6 Å². The van der Waals surface area contributed by atoms with E-state index in [1.165, 1.54) is 11.6 Å². The van der Waals surface area contributed by atoms with E-state index in [0.29, 0.717) is 29.5 Å². The maximum atomic E-state index is 14.0. The lowest BCUT2D eigenvalue weighted by Crippen LogP contribution is -2.57. The summed E-state index contributed by atoms with van der Waals surface area (Å²) in [4.78, 5) is 26.0. The molecule has 1 amide bonds. The molecule has 5 heterocycles. The van der Waals surface area contributed by atoms with Crippen molar-refractivity contribution in [2.45, 2.75) is 46.1 Å².